The molecule has 2 aliphatic heterocycles. The van der Waals surface area contributed by atoms with E-state index in [1.54, 1.807) is 6.20 Å². The second-order valence-corrected chi connectivity index (χ2v) is 7.44. The smallest absolute Gasteiger partial charge is 0.410 e. The number of cyclic esters (lactones) is 1. The predicted molar refractivity (Wildman–Crippen MR) is 99.8 cm³/mol. The highest BCUT2D eigenvalue weighted by atomic mass is 16.6. The summed E-state index contributed by atoms with van der Waals surface area (Å²) in [5, 5.41) is 8.23. The fourth-order valence-corrected chi connectivity index (χ4v) is 4.19. The van der Waals surface area contributed by atoms with Crippen molar-refractivity contribution in [3.05, 3.63) is 60.0 Å². The Morgan fingerprint density at radius 2 is 2.19 bits per heavy atom. The van der Waals surface area contributed by atoms with Gasteiger partial charge in [-0.25, -0.2) is 4.79 Å². The molecule has 138 valence electrons. The molecule has 2 aromatic heterocycles. The average molecular weight is 363 g/mol. The monoisotopic (exact) mass is 363 g/mol. The maximum absolute atomic E-state index is 12.4. The Labute approximate surface area is 156 Å². The van der Waals surface area contributed by atoms with Crippen LogP contribution in [0.3, 0.4) is 0 Å². The first kappa shape index (κ1) is 16.3. The Bertz CT molecular complexity index is 973. The molecule has 5 rings (SSSR count). The maximum Gasteiger partial charge on any atom is 0.410 e. The Balaban J connectivity index is 1.32. The van der Waals surface area contributed by atoms with Crippen LogP contribution < -0.4 is 0 Å². The van der Waals surface area contributed by atoms with Crippen molar-refractivity contribution in [3.63, 3.8) is 0 Å². The van der Waals surface area contributed by atoms with Crippen molar-refractivity contribution in [1.82, 2.24) is 25.0 Å². The molecule has 1 spiro atoms. The molecule has 1 aromatic carbocycles. The molecule has 4 heterocycles. The topological polar surface area (TPSA) is 74.3 Å². The summed E-state index contributed by atoms with van der Waals surface area (Å²) < 4.78 is 5.44. The van der Waals surface area contributed by atoms with E-state index in [0.29, 0.717) is 13.2 Å². The van der Waals surface area contributed by atoms with Crippen molar-refractivity contribution in [2.45, 2.75) is 25.0 Å². The zero-order valence-corrected chi connectivity index (χ0v) is 15.0. The van der Waals surface area contributed by atoms with Gasteiger partial charge in [-0.2, -0.15) is 5.10 Å². The number of nitrogens with one attached hydrogen (secondary N) is 1. The molecule has 27 heavy (non-hydrogen) atoms. The minimum absolute atomic E-state index is 0.235. The summed E-state index contributed by atoms with van der Waals surface area (Å²) in [6.07, 6.45) is 4.27. The number of amides is 1. The second kappa shape index (κ2) is 6.35. The standard InChI is InChI=1S/C20H21N5O2/c26-19-25(12-17-3-1-2-7-21-17)20(14-27-19)6-8-24(13-20)11-15-4-5-16-10-22-23-18(16)9-15/h1-5,7,9-10H,6,8,11-14H2,(H,22,23). The van der Waals surface area contributed by atoms with E-state index in [9.17, 15) is 4.79 Å². The lowest BCUT2D eigenvalue weighted by atomic mass is 9.98. The van der Waals surface area contributed by atoms with Crippen LogP contribution in [0.1, 0.15) is 17.7 Å². The zero-order chi connectivity index (χ0) is 18.3. The molecule has 1 atom stereocenters. The number of fused-ring (bicyclic) bond motifs is 1. The van der Waals surface area contributed by atoms with Crippen molar-refractivity contribution in [3.8, 4) is 0 Å². The van der Waals surface area contributed by atoms with Gasteiger partial charge in [-0.15, -0.1) is 0 Å². The van der Waals surface area contributed by atoms with Crippen molar-refractivity contribution >= 4 is 17.0 Å². The van der Waals surface area contributed by atoms with Crippen LogP contribution >= 0.6 is 0 Å². The number of aromatic amines is 1. The fourth-order valence-electron chi connectivity index (χ4n) is 4.19. The van der Waals surface area contributed by atoms with E-state index in [1.807, 2.05) is 29.3 Å². The van der Waals surface area contributed by atoms with E-state index in [1.165, 1.54) is 5.56 Å². The van der Waals surface area contributed by atoms with E-state index in [2.05, 4.69) is 38.3 Å². The largest absolute Gasteiger partial charge is 0.447 e. The number of hydrogen-bond acceptors (Lipinski definition) is 5. The van der Waals surface area contributed by atoms with Gasteiger partial charge in [0, 0.05) is 31.2 Å². The normalized spacial score (nSPS) is 22.8. The van der Waals surface area contributed by atoms with Crippen LogP contribution in [0.2, 0.25) is 0 Å². The van der Waals surface area contributed by atoms with Gasteiger partial charge in [0.25, 0.3) is 0 Å². The maximum atomic E-state index is 12.4. The number of aromatic nitrogens is 3. The number of nitrogens with zero attached hydrogens (tertiary/aromatic N) is 4. The molecule has 0 radical (unpaired) electrons. The molecule has 7 heteroatoms. The van der Waals surface area contributed by atoms with Gasteiger partial charge in [0.1, 0.15) is 6.61 Å². The minimum Gasteiger partial charge on any atom is -0.447 e. The second-order valence-electron chi connectivity index (χ2n) is 7.44. The van der Waals surface area contributed by atoms with Gasteiger partial charge >= 0.3 is 6.09 Å². The molecule has 3 aromatic rings. The van der Waals surface area contributed by atoms with Gasteiger partial charge in [-0.1, -0.05) is 18.2 Å². The number of pyridine rings is 1. The number of carbonyl (C=O) groups is 1. The number of H-pyrrole nitrogens is 1. The highest BCUT2D eigenvalue weighted by Gasteiger charge is 2.51. The van der Waals surface area contributed by atoms with Crippen molar-refractivity contribution < 1.29 is 9.53 Å². The van der Waals surface area contributed by atoms with Crippen LogP contribution in [-0.2, 0) is 17.8 Å². The molecule has 1 N–H and O–H groups in total. The lowest BCUT2D eigenvalue weighted by Gasteiger charge is -2.31. The van der Waals surface area contributed by atoms with Gasteiger partial charge in [0.2, 0.25) is 0 Å². The number of hydrogen-bond donors (Lipinski definition) is 1. The summed E-state index contributed by atoms with van der Waals surface area (Å²) in [7, 11) is 0. The summed E-state index contributed by atoms with van der Waals surface area (Å²) in [6.45, 7) is 3.55. The summed E-state index contributed by atoms with van der Waals surface area (Å²) >= 11 is 0. The Kier molecular flexibility index (Phi) is 3.82. The van der Waals surface area contributed by atoms with E-state index in [4.69, 9.17) is 4.74 Å². The van der Waals surface area contributed by atoms with Gasteiger partial charge in [0.05, 0.1) is 29.5 Å². The first-order valence-electron chi connectivity index (χ1n) is 9.21. The van der Waals surface area contributed by atoms with Gasteiger partial charge in [0.15, 0.2) is 0 Å². The first-order valence-corrected chi connectivity index (χ1v) is 9.21. The molecule has 0 saturated carbocycles. The molecule has 1 unspecified atom stereocenters. The lowest BCUT2D eigenvalue weighted by Crippen LogP contribution is -2.48. The number of benzene rings is 1. The van der Waals surface area contributed by atoms with E-state index < -0.39 is 0 Å². The SMILES string of the molecule is O=C1OCC2(CCN(Cc3ccc4cn[nH]c4c3)C2)N1Cc1ccccn1. The molecule has 7 nitrogen and oxygen atoms in total. The number of likely N-dealkylation sites (tertiary alicyclic amines) is 1. The van der Waals surface area contributed by atoms with Crippen LogP contribution in [0.4, 0.5) is 4.79 Å². The average Bonchev–Trinajstić information content (AvgIpc) is 3.39. The summed E-state index contributed by atoms with van der Waals surface area (Å²) in [4.78, 5) is 21.0. The summed E-state index contributed by atoms with van der Waals surface area (Å²) in [5.74, 6) is 0. The molecule has 2 fully saturated rings. The minimum atomic E-state index is -0.257. The molecule has 2 saturated heterocycles. The molecule has 0 bridgehead atoms. The third-order valence-electron chi connectivity index (χ3n) is 5.63. The molecule has 1 amide bonds. The van der Waals surface area contributed by atoms with Crippen molar-refractivity contribution in [2.24, 2.45) is 0 Å². The van der Waals surface area contributed by atoms with E-state index >= 15 is 0 Å². The quantitative estimate of drug-likeness (QED) is 0.771. The summed E-state index contributed by atoms with van der Waals surface area (Å²) in [5.41, 5.74) is 2.92. The molecule has 2 aliphatic rings. The number of ether oxygens (including phenoxy) is 1. The highest BCUT2D eigenvalue weighted by molar-refractivity contribution is 5.78. The third kappa shape index (κ3) is 2.94. The van der Waals surface area contributed by atoms with Gasteiger partial charge < -0.3 is 4.74 Å². The summed E-state index contributed by atoms with van der Waals surface area (Å²) in [6, 6.07) is 12.2. The fraction of sp³-hybridized carbons (Fsp3) is 0.350. The zero-order valence-electron chi connectivity index (χ0n) is 15.0. The van der Waals surface area contributed by atoms with Crippen LogP contribution in [-0.4, -0.2) is 56.3 Å². The number of carbonyl (C=O) groups excluding carboxylic acids is 1. The van der Waals surface area contributed by atoms with Crippen LogP contribution in [0.15, 0.2) is 48.8 Å². The molecular weight excluding hydrogens is 342 g/mol. The molecular formula is C20H21N5O2. The predicted octanol–water partition coefficient (Wildman–Crippen LogP) is 2.55. The number of rotatable bonds is 4. The van der Waals surface area contributed by atoms with Crippen LogP contribution in [0.5, 0.6) is 0 Å². The van der Waals surface area contributed by atoms with Crippen LogP contribution in [0, 0.1) is 0 Å². The lowest BCUT2D eigenvalue weighted by molar-refractivity contribution is 0.144. The van der Waals surface area contributed by atoms with Crippen molar-refractivity contribution in [1.29, 1.82) is 0 Å². The van der Waals surface area contributed by atoms with Crippen molar-refractivity contribution in [2.75, 3.05) is 19.7 Å². The third-order valence-corrected chi connectivity index (χ3v) is 5.63. The van der Waals surface area contributed by atoms with Gasteiger partial charge in [-0.3, -0.25) is 19.9 Å². The van der Waals surface area contributed by atoms with E-state index in [-0.39, 0.29) is 11.6 Å². The molecule has 0 aliphatic carbocycles. The van der Waals surface area contributed by atoms with Gasteiger partial charge in [-0.05, 0) is 30.2 Å². The Morgan fingerprint density at radius 1 is 1.22 bits per heavy atom. The Hall–Kier alpha value is -2.93. The van der Waals surface area contributed by atoms with Crippen LogP contribution in [0.25, 0.3) is 10.9 Å². The first-order chi connectivity index (χ1) is 13.2. The highest BCUT2D eigenvalue weighted by Crippen LogP contribution is 2.35. The van der Waals surface area contributed by atoms with E-state index in [0.717, 1.165) is 42.7 Å². The Morgan fingerprint density at radius 3 is 3.07 bits per heavy atom.